The van der Waals surface area contributed by atoms with Gasteiger partial charge in [0.05, 0.1) is 5.92 Å². The van der Waals surface area contributed by atoms with E-state index in [-0.39, 0.29) is 17.2 Å². The van der Waals surface area contributed by atoms with Crippen LogP contribution in [0.4, 0.5) is 0 Å². The van der Waals surface area contributed by atoms with E-state index >= 15 is 0 Å². The van der Waals surface area contributed by atoms with E-state index in [0.717, 1.165) is 26.1 Å². The minimum absolute atomic E-state index is 0.0698. The normalized spacial score (nSPS) is 21.9. The van der Waals surface area contributed by atoms with Crippen LogP contribution in [0.25, 0.3) is 0 Å². The van der Waals surface area contributed by atoms with Crippen molar-refractivity contribution in [1.82, 2.24) is 5.32 Å². The van der Waals surface area contributed by atoms with Crippen LogP contribution in [0, 0.1) is 11.3 Å². The van der Waals surface area contributed by atoms with Crippen molar-refractivity contribution in [2.24, 2.45) is 22.2 Å². The number of nitrogens with zero attached hydrogens (tertiary/aromatic N) is 1. The minimum atomic E-state index is -0.608. The van der Waals surface area contributed by atoms with Crippen LogP contribution in [-0.4, -0.2) is 36.7 Å². The van der Waals surface area contributed by atoms with Gasteiger partial charge >= 0.3 is 0 Å². The van der Waals surface area contributed by atoms with Crippen molar-refractivity contribution in [3.8, 4) is 0 Å². The average molecular weight is 243 g/mol. The number of ether oxygens (including phenoxy) is 1. The molecule has 1 unspecified atom stereocenters. The fourth-order valence-corrected chi connectivity index (χ4v) is 1.72. The summed E-state index contributed by atoms with van der Waals surface area (Å²) in [7, 11) is 0. The smallest absolute Gasteiger partial charge is 0.230 e. The van der Waals surface area contributed by atoms with Crippen molar-refractivity contribution in [2.45, 2.75) is 26.7 Å². The highest BCUT2D eigenvalue weighted by molar-refractivity contribution is 6.01. The third kappa shape index (κ3) is 3.89. The molecule has 6 heteroatoms. The van der Waals surface area contributed by atoms with Gasteiger partial charge < -0.3 is 21.0 Å². The maximum atomic E-state index is 11.7. The van der Waals surface area contributed by atoms with Crippen molar-refractivity contribution in [1.29, 1.82) is 0 Å². The molecule has 0 aliphatic carbocycles. The summed E-state index contributed by atoms with van der Waals surface area (Å²) >= 11 is 0. The maximum absolute atomic E-state index is 11.7. The number of amidine groups is 1. The first-order chi connectivity index (χ1) is 7.98. The monoisotopic (exact) mass is 243 g/mol. The number of rotatable bonds is 4. The lowest BCUT2D eigenvalue weighted by atomic mass is 9.82. The third-order valence-electron chi connectivity index (χ3n) is 3.34. The Bertz CT molecular complexity index is 298. The van der Waals surface area contributed by atoms with Crippen LogP contribution in [0.3, 0.4) is 0 Å². The third-order valence-corrected chi connectivity index (χ3v) is 3.34. The Kier molecular flexibility index (Phi) is 4.74. The van der Waals surface area contributed by atoms with Gasteiger partial charge in [-0.1, -0.05) is 12.1 Å². The van der Waals surface area contributed by atoms with Crippen LogP contribution in [0.5, 0.6) is 0 Å². The molecule has 1 amide bonds. The highest BCUT2D eigenvalue weighted by Gasteiger charge is 2.28. The van der Waals surface area contributed by atoms with Crippen molar-refractivity contribution in [3.05, 3.63) is 0 Å². The molecule has 0 aromatic carbocycles. The van der Waals surface area contributed by atoms with Gasteiger partial charge in [0, 0.05) is 19.8 Å². The fourth-order valence-electron chi connectivity index (χ4n) is 1.72. The molecule has 0 aromatic rings. The molecule has 1 rings (SSSR count). The molecule has 1 aliphatic heterocycles. The quantitative estimate of drug-likeness (QED) is 0.286. The number of amides is 1. The number of hydrogen-bond acceptors (Lipinski definition) is 4. The second kappa shape index (κ2) is 5.86. The molecular weight excluding hydrogens is 222 g/mol. The van der Waals surface area contributed by atoms with E-state index < -0.39 is 5.92 Å². The Morgan fingerprint density at radius 2 is 2.18 bits per heavy atom. The summed E-state index contributed by atoms with van der Waals surface area (Å²) < 4.78 is 5.29. The average Bonchev–Trinajstić information content (AvgIpc) is 2.35. The lowest BCUT2D eigenvalue weighted by Crippen LogP contribution is -2.43. The second-order valence-electron chi connectivity index (χ2n) is 4.89. The summed E-state index contributed by atoms with van der Waals surface area (Å²) in [6, 6.07) is 0. The van der Waals surface area contributed by atoms with Crippen LogP contribution < -0.4 is 11.1 Å². The van der Waals surface area contributed by atoms with Gasteiger partial charge in [0.2, 0.25) is 5.91 Å². The number of hydrogen-bond donors (Lipinski definition) is 3. The Labute approximate surface area is 101 Å². The Hall–Kier alpha value is -1.30. The molecular formula is C11H21N3O3. The van der Waals surface area contributed by atoms with E-state index in [2.05, 4.69) is 17.4 Å². The lowest BCUT2D eigenvalue weighted by Gasteiger charge is -2.33. The molecule has 0 bridgehead atoms. The van der Waals surface area contributed by atoms with Gasteiger partial charge in [0.25, 0.3) is 0 Å². The topological polar surface area (TPSA) is 96.9 Å². The maximum Gasteiger partial charge on any atom is 0.230 e. The van der Waals surface area contributed by atoms with Crippen LogP contribution in [0.1, 0.15) is 26.7 Å². The minimum Gasteiger partial charge on any atom is -0.409 e. The van der Waals surface area contributed by atoms with Crippen molar-refractivity contribution >= 4 is 11.7 Å². The predicted octanol–water partition coefficient (Wildman–Crippen LogP) is 0.302. The van der Waals surface area contributed by atoms with E-state index in [1.54, 1.807) is 6.92 Å². The molecule has 1 fully saturated rings. The Morgan fingerprint density at radius 3 is 2.71 bits per heavy atom. The van der Waals surface area contributed by atoms with E-state index in [1.165, 1.54) is 0 Å². The summed E-state index contributed by atoms with van der Waals surface area (Å²) in [5, 5.41) is 14.2. The van der Waals surface area contributed by atoms with Gasteiger partial charge in [0.15, 0.2) is 5.84 Å². The number of carbonyl (C=O) groups excluding carboxylic acids is 1. The molecule has 6 nitrogen and oxygen atoms in total. The first-order valence-electron chi connectivity index (χ1n) is 5.81. The van der Waals surface area contributed by atoms with Crippen molar-refractivity contribution < 1.29 is 14.7 Å². The van der Waals surface area contributed by atoms with E-state index in [4.69, 9.17) is 15.7 Å². The molecule has 0 radical (unpaired) electrons. The van der Waals surface area contributed by atoms with Gasteiger partial charge in [0.1, 0.15) is 0 Å². The molecule has 17 heavy (non-hydrogen) atoms. The van der Waals surface area contributed by atoms with E-state index in [0.29, 0.717) is 6.54 Å². The summed E-state index contributed by atoms with van der Waals surface area (Å²) in [4.78, 5) is 11.7. The van der Waals surface area contributed by atoms with Gasteiger partial charge in [-0.25, -0.2) is 0 Å². The van der Waals surface area contributed by atoms with Crippen LogP contribution in [0.2, 0.25) is 0 Å². The summed E-state index contributed by atoms with van der Waals surface area (Å²) in [6.07, 6.45) is 1.87. The van der Waals surface area contributed by atoms with Crippen molar-refractivity contribution in [3.63, 3.8) is 0 Å². The summed E-state index contributed by atoms with van der Waals surface area (Å²) in [5.74, 6) is -0.893. The number of oxime groups is 1. The fraction of sp³-hybridized carbons (Fsp3) is 0.818. The summed E-state index contributed by atoms with van der Waals surface area (Å²) in [5.41, 5.74) is 5.46. The lowest BCUT2D eigenvalue weighted by molar-refractivity contribution is -0.123. The highest BCUT2D eigenvalue weighted by Crippen LogP contribution is 2.28. The zero-order valence-electron chi connectivity index (χ0n) is 10.4. The van der Waals surface area contributed by atoms with E-state index in [1.807, 2.05) is 0 Å². The number of carbonyl (C=O) groups is 1. The molecule has 1 heterocycles. The zero-order valence-corrected chi connectivity index (χ0v) is 10.4. The zero-order chi connectivity index (χ0) is 12.9. The molecule has 0 saturated carbocycles. The largest absolute Gasteiger partial charge is 0.409 e. The first kappa shape index (κ1) is 13.8. The molecule has 1 atom stereocenters. The SMILES string of the molecule is CC(C(=O)NCC1(C)CCOCC1)C(N)=NO. The van der Waals surface area contributed by atoms with Crippen LogP contribution >= 0.6 is 0 Å². The van der Waals surface area contributed by atoms with E-state index in [9.17, 15) is 4.79 Å². The molecule has 0 aromatic heterocycles. The molecule has 4 N–H and O–H groups in total. The molecule has 1 aliphatic rings. The molecule has 98 valence electrons. The van der Waals surface area contributed by atoms with Crippen molar-refractivity contribution in [2.75, 3.05) is 19.8 Å². The predicted molar refractivity (Wildman–Crippen MR) is 63.7 cm³/mol. The number of nitrogens with one attached hydrogen (secondary N) is 1. The van der Waals surface area contributed by atoms with Crippen LogP contribution in [0.15, 0.2) is 5.16 Å². The molecule has 1 saturated heterocycles. The van der Waals surface area contributed by atoms with Gasteiger partial charge in [-0.15, -0.1) is 0 Å². The van der Waals surface area contributed by atoms with Gasteiger partial charge in [-0.2, -0.15) is 0 Å². The molecule has 0 spiro atoms. The van der Waals surface area contributed by atoms with Crippen LogP contribution in [-0.2, 0) is 9.53 Å². The standard InChI is InChI=1S/C11H21N3O3/c1-8(9(12)14-16)10(15)13-7-11(2)3-5-17-6-4-11/h8,16H,3-7H2,1-2H3,(H2,12,14)(H,13,15). The Balaban J connectivity index is 2.42. The second-order valence-corrected chi connectivity index (χ2v) is 4.89. The number of nitrogens with two attached hydrogens (primary N) is 1. The van der Waals surface area contributed by atoms with Gasteiger partial charge in [-0.3, -0.25) is 4.79 Å². The first-order valence-corrected chi connectivity index (χ1v) is 5.81. The van der Waals surface area contributed by atoms with Gasteiger partial charge in [-0.05, 0) is 25.2 Å². The highest BCUT2D eigenvalue weighted by atomic mass is 16.5. The Morgan fingerprint density at radius 1 is 1.59 bits per heavy atom. The summed E-state index contributed by atoms with van der Waals surface area (Å²) in [6.45, 7) is 5.81.